The summed E-state index contributed by atoms with van der Waals surface area (Å²) < 4.78 is 5.79. The van der Waals surface area contributed by atoms with Crippen LogP contribution < -0.4 is 10.5 Å². The van der Waals surface area contributed by atoms with Gasteiger partial charge in [0.05, 0.1) is 17.7 Å². The standard InChI is InChI=1S/C20H21N3O2/c1-14-5-10-19(23(14)20(22)24)17-6-8-18(9-7-17)25-13-16-4-2-3-15(11-16)12-21/h2-4,6-9,11,14,19H,5,10,13H2,1H3,(H2,22,24)/t14?,19-/m1/s1. The number of amides is 2. The number of nitrogens with two attached hydrogens (primary N) is 1. The number of ether oxygens (including phenoxy) is 1. The van der Waals surface area contributed by atoms with E-state index in [1.165, 1.54) is 0 Å². The molecule has 5 heteroatoms. The molecule has 0 aromatic heterocycles. The zero-order valence-corrected chi connectivity index (χ0v) is 14.2. The number of likely N-dealkylation sites (tertiary alicyclic amines) is 1. The Balaban J connectivity index is 1.66. The number of nitrogens with zero attached hydrogens (tertiary/aromatic N) is 2. The van der Waals surface area contributed by atoms with Crippen LogP contribution in [0.2, 0.25) is 0 Å². The minimum atomic E-state index is -0.368. The van der Waals surface area contributed by atoms with Gasteiger partial charge >= 0.3 is 6.03 Å². The number of benzene rings is 2. The molecule has 1 heterocycles. The number of rotatable bonds is 4. The van der Waals surface area contributed by atoms with E-state index in [9.17, 15) is 4.79 Å². The summed E-state index contributed by atoms with van der Waals surface area (Å²) in [6, 6.07) is 17.1. The molecule has 1 saturated heterocycles. The molecule has 128 valence electrons. The maximum atomic E-state index is 11.7. The molecule has 1 fully saturated rings. The van der Waals surface area contributed by atoms with Gasteiger partial charge in [0, 0.05) is 6.04 Å². The van der Waals surface area contributed by atoms with Gasteiger partial charge in [-0.15, -0.1) is 0 Å². The number of carbonyl (C=O) groups is 1. The van der Waals surface area contributed by atoms with E-state index in [2.05, 4.69) is 6.07 Å². The number of hydrogen-bond acceptors (Lipinski definition) is 3. The van der Waals surface area contributed by atoms with Gasteiger partial charge in [-0.25, -0.2) is 4.79 Å². The molecule has 5 nitrogen and oxygen atoms in total. The topological polar surface area (TPSA) is 79.3 Å². The lowest BCUT2D eigenvalue weighted by Crippen LogP contribution is -2.39. The van der Waals surface area contributed by atoms with Gasteiger partial charge in [0.15, 0.2) is 0 Å². The van der Waals surface area contributed by atoms with E-state index in [1.54, 1.807) is 11.0 Å². The van der Waals surface area contributed by atoms with E-state index >= 15 is 0 Å². The molecular weight excluding hydrogens is 314 g/mol. The average Bonchev–Trinajstić information content (AvgIpc) is 3.02. The molecule has 2 aromatic rings. The lowest BCUT2D eigenvalue weighted by atomic mass is 10.0. The van der Waals surface area contributed by atoms with Gasteiger partial charge in [-0.3, -0.25) is 0 Å². The second-order valence-electron chi connectivity index (χ2n) is 6.36. The van der Waals surface area contributed by atoms with Crippen molar-refractivity contribution in [2.45, 2.75) is 38.5 Å². The minimum Gasteiger partial charge on any atom is -0.489 e. The van der Waals surface area contributed by atoms with Crippen molar-refractivity contribution in [1.82, 2.24) is 4.90 Å². The maximum Gasteiger partial charge on any atom is 0.315 e. The van der Waals surface area contributed by atoms with Crippen molar-refractivity contribution < 1.29 is 9.53 Å². The Morgan fingerprint density at radius 2 is 2.04 bits per heavy atom. The molecule has 25 heavy (non-hydrogen) atoms. The predicted octanol–water partition coefficient (Wildman–Crippen LogP) is 3.74. The van der Waals surface area contributed by atoms with Crippen molar-refractivity contribution >= 4 is 6.03 Å². The van der Waals surface area contributed by atoms with Crippen LogP contribution in [0.15, 0.2) is 48.5 Å². The molecule has 0 bridgehead atoms. The molecule has 0 spiro atoms. The van der Waals surface area contributed by atoms with Crippen LogP contribution in [0.4, 0.5) is 4.79 Å². The van der Waals surface area contributed by atoms with Crippen LogP contribution in [0.5, 0.6) is 5.75 Å². The fourth-order valence-corrected chi connectivity index (χ4v) is 3.37. The normalized spacial score (nSPS) is 19.4. The fourth-order valence-electron chi connectivity index (χ4n) is 3.37. The summed E-state index contributed by atoms with van der Waals surface area (Å²) in [5.74, 6) is 0.753. The molecule has 2 atom stereocenters. The Kier molecular flexibility index (Phi) is 4.90. The zero-order chi connectivity index (χ0) is 17.8. The number of hydrogen-bond donors (Lipinski definition) is 1. The summed E-state index contributed by atoms with van der Waals surface area (Å²) in [6.45, 7) is 2.43. The van der Waals surface area contributed by atoms with E-state index in [0.29, 0.717) is 12.2 Å². The smallest absolute Gasteiger partial charge is 0.315 e. The highest BCUT2D eigenvalue weighted by Gasteiger charge is 2.33. The van der Waals surface area contributed by atoms with Gasteiger partial charge < -0.3 is 15.4 Å². The van der Waals surface area contributed by atoms with Crippen molar-refractivity contribution in [1.29, 1.82) is 5.26 Å². The Hall–Kier alpha value is -3.00. The second kappa shape index (κ2) is 7.27. The van der Waals surface area contributed by atoms with Crippen molar-refractivity contribution in [3.05, 3.63) is 65.2 Å². The van der Waals surface area contributed by atoms with Crippen LogP contribution >= 0.6 is 0 Å². The average molecular weight is 335 g/mol. The first-order valence-electron chi connectivity index (χ1n) is 8.38. The lowest BCUT2D eigenvalue weighted by molar-refractivity contribution is 0.186. The van der Waals surface area contributed by atoms with Gasteiger partial charge in [-0.1, -0.05) is 24.3 Å². The summed E-state index contributed by atoms with van der Waals surface area (Å²) in [5.41, 5.74) is 8.17. The summed E-state index contributed by atoms with van der Waals surface area (Å²) in [6.07, 6.45) is 1.88. The molecule has 1 aliphatic rings. The van der Waals surface area contributed by atoms with Crippen LogP contribution in [0.3, 0.4) is 0 Å². The number of carbonyl (C=O) groups excluding carboxylic acids is 1. The molecule has 0 aliphatic carbocycles. The van der Waals surface area contributed by atoms with Crippen LogP contribution in [-0.4, -0.2) is 17.0 Å². The number of urea groups is 1. The van der Waals surface area contributed by atoms with E-state index < -0.39 is 0 Å². The Morgan fingerprint density at radius 3 is 2.72 bits per heavy atom. The highest BCUT2D eigenvalue weighted by Crippen LogP contribution is 2.36. The first-order valence-corrected chi connectivity index (χ1v) is 8.38. The highest BCUT2D eigenvalue weighted by molar-refractivity contribution is 5.73. The summed E-state index contributed by atoms with van der Waals surface area (Å²) in [5, 5.41) is 8.93. The predicted molar refractivity (Wildman–Crippen MR) is 94.8 cm³/mol. The quantitative estimate of drug-likeness (QED) is 0.924. The Labute approximate surface area is 147 Å². The Morgan fingerprint density at radius 1 is 1.28 bits per heavy atom. The number of nitriles is 1. The van der Waals surface area contributed by atoms with Crippen LogP contribution in [0, 0.1) is 11.3 Å². The fraction of sp³-hybridized carbons (Fsp3) is 0.300. The molecule has 2 N–H and O–H groups in total. The van der Waals surface area contributed by atoms with E-state index in [-0.39, 0.29) is 18.1 Å². The summed E-state index contributed by atoms with van der Waals surface area (Å²) in [7, 11) is 0. The maximum absolute atomic E-state index is 11.7. The van der Waals surface area contributed by atoms with Crippen molar-refractivity contribution in [3.8, 4) is 11.8 Å². The third-order valence-corrected chi connectivity index (χ3v) is 4.65. The molecule has 1 unspecified atom stereocenters. The molecular formula is C20H21N3O2. The van der Waals surface area contributed by atoms with E-state index in [4.69, 9.17) is 15.7 Å². The molecule has 1 aliphatic heterocycles. The van der Waals surface area contributed by atoms with Crippen LogP contribution in [0.1, 0.15) is 42.5 Å². The van der Waals surface area contributed by atoms with Crippen LogP contribution in [0.25, 0.3) is 0 Å². The van der Waals surface area contributed by atoms with Crippen molar-refractivity contribution in [3.63, 3.8) is 0 Å². The summed E-state index contributed by atoms with van der Waals surface area (Å²) >= 11 is 0. The van der Waals surface area contributed by atoms with Gasteiger partial charge in [0.25, 0.3) is 0 Å². The largest absolute Gasteiger partial charge is 0.489 e. The molecule has 0 saturated carbocycles. The second-order valence-corrected chi connectivity index (χ2v) is 6.36. The van der Waals surface area contributed by atoms with Gasteiger partial charge in [-0.2, -0.15) is 5.26 Å². The third kappa shape index (κ3) is 3.74. The highest BCUT2D eigenvalue weighted by atomic mass is 16.5. The Bertz CT molecular complexity index is 795. The third-order valence-electron chi connectivity index (χ3n) is 4.65. The van der Waals surface area contributed by atoms with Crippen molar-refractivity contribution in [2.24, 2.45) is 5.73 Å². The number of primary amides is 1. The summed E-state index contributed by atoms with van der Waals surface area (Å²) in [4.78, 5) is 13.4. The van der Waals surface area contributed by atoms with Crippen LogP contribution in [-0.2, 0) is 6.61 Å². The van der Waals surface area contributed by atoms with Gasteiger partial charge in [0.1, 0.15) is 12.4 Å². The lowest BCUT2D eigenvalue weighted by Gasteiger charge is -2.27. The monoisotopic (exact) mass is 335 g/mol. The van der Waals surface area contributed by atoms with Crippen molar-refractivity contribution in [2.75, 3.05) is 0 Å². The molecule has 2 amide bonds. The van der Waals surface area contributed by atoms with E-state index in [1.807, 2.05) is 49.4 Å². The minimum absolute atomic E-state index is 0.0360. The molecule has 0 radical (unpaired) electrons. The SMILES string of the molecule is CC1CC[C@H](c2ccc(OCc3cccc(C#N)c3)cc2)N1C(N)=O. The molecule has 3 rings (SSSR count). The first-order chi connectivity index (χ1) is 12.1. The molecule has 2 aromatic carbocycles. The van der Waals surface area contributed by atoms with E-state index in [0.717, 1.165) is 29.7 Å². The zero-order valence-electron chi connectivity index (χ0n) is 14.2. The van der Waals surface area contributed by atoms with Gasteiger partial charge in [-0.05, 0) is 55.2 Å². The first kappa shape index (κ1) is 16.8. The van der Waals surface area contributed by atoms with Gasteiger partial charge in [0.2, 0.25) is 0 Å².